The Bertz CT molecular complexity index is 1340. The summed E-state index contributed by atoms with van der Waals surface area (Å²) >= 11 is 0. The number of nitrogens with zero attached hydrogens (tertiary/aromatic N) is 6. The molecule has 0 unspecified atom stereocenters. The third kappa shape index (κ3) is 4.21. The molecule has 3 aromatic rings. The van der Waals surface area contributed by atoms with Gasteiger partial charge in [-0.3, -0.25) is 4.79 Å². The largest absolute Gasteiger partial charge is 0.365 e. The predicted molar refractivity (Wildman–Crippen MR) is 138 cm³/mol. The molecule has 1 amide bonds. The lowest BCUT2D eigenvalue weighted by molar-refractivity contribution is -0.129. The van der Waals surface area contributed by atoms with E-state index in [1.165, 1.54) is 27.6 Å². The topological polar surface area (TPSA) is 76.4 Å². The van der Waals surface area contributed by atoms with E-state index in [2.05, 4.69) is 75.7 Å². The van der Waals surface area contributed by atoms with E-state index in [0.717, 1.165) is 31.0 Å². The number of benzene rings is 2. The number of hydrogen-bond acceptors (Lipinski definition) is 6. The first-order valence-electron chi connectivity index (χ1n) is 12.1. The fraction of sp³-hybridized carbons (Fsp3) is 0.357. The number of amides is 1. The molecule has 2 aromatic carbocycles. The maximum absolute atomic E-state index is 12.6. The number of rotatable bonds is 4. The molecule has 0 spiro atoms. The minimum absolute atomic E-state index is 0.0735. The van der Waals surface area contributed by atoms with Crippen LogP contribution in [0.15, 0.2) is 54.9 Å². The van der Waals surface area contributed by atoms with Crippen molar-refractivity contribution in [2.24, 2.45) is 0 Å². The molecule has 1 saturated heterocycles. The van der Waals surface area contributed by atoms with Gasteiger partial charge < -0.3 is 14.7 Å². The first-order chi connectivity index (χ1) is 17.0. The Kier molecular flexibility index (Phi) is 6.12. The molecular formula is C28H30N6O. The summed E-state index contributed by atoms with van der Waals surface area (Å²) in [4.78, 5) is 28.4. The molecule has 7 heteroatoms. The Morgan fingerprint density at radius 3 is 2.71 bits per heavy atom. The monoisotopic (exact) mass is 466 g/mol. The zero-order valence-electron chi connectivity index (χ0n) is 20.4. The van der Waals surface area contributed by atoms with E-state index in [1.807, 2.05) is 0 Å². The highest BCUT2D eigenvalue weighted by molar-refractivity contribution is 5.97. The minimum atomic E-state index is -0.178. The van der Waals surface area contributed by atoms with Crippen molar-refractivity contribution in [1.29, 1.82) is 5.26 Å². The van der Waals surface area contributed by atoms with Crippen molar-refractivity contribution in [3.05, 3.63) is 71.7 Å². The van der Waals surface area contributed by atoms with E-state index in [-0.39, 0.29) is 18.4 Å². The number of aromatic nitrogens is 2. The van der Waals surface area contributed by atoms with Gasteiger partial charge in [-0.05, 0) is 37.3 Å². The Morgan fingerprint density at radius 1 is 1.14 bits per heavy atom. The normalized spacial score (nSPS) is 17.7. The van der Waals surface area contributed by atoms with Crippen LogP contribution in [-0.2, 0) is 17.8 Å². The smallest absolute Gasteiger partial charge is 0.249 e. The van der Waals surface area contributed by atoms with Crippen molar-refractivity contribution in [3.8, 4) is 6.07 Å². The van der Waals surface area contributed by atoms with Gasteiger partial charge in [-0.15, -0.1) is 0 Å². The van der Waals surface area contributed by atoms with Crippen LogP contribution in [-0.4, -0.2) is 53.0 Å². The summed E-state index contributed by atoms with van der Waals surface area (Å²) in [5.74, 6) is 0.866. The Hall–Kier alpha value is -3.92. The molecule has 1 atom stereocenters. The van der Waals surface area contributed by atoms with Crippen LogP contribution < -0.4 is 9.80 Å². The van der Waals surface area contributed by atoms with Gasteiger partial charge in [-0.1, -0.05) is 36.9 Å². The molecule has 0 aliphatic carbocycles. The number of nitriles is 1. The second kappa shape index (κ2) is 9.38. The van der Waals surface area contributed by atoms with Crippen LogP contribution in [0.4, 0.5) is 11.5 Å². The van der Waals surface area contributed by atoms with Crippen molar-refractivity contribution >= 4 is 28.2 Å². The van der Waals surface area contributed by atoms with Gasteiger partial charge in [-0.2, -0.15) is 5.26 Å². The molecule has 2 aliphatic heterocycles. The molecule has 3 heterocycles. The molecule has 2 aliphatic rings. The summed E-state index contributed by atoms with van der Waals surface area (Å²) in [6.07, 6.45) is 2.79. The average Bonchev–Trinajstić information content (AvgIpc) is 2.87. The van der Waals surface area contributed by atoms with E-state index < -0.39 is 0 Å². The number of carbonyl (C=O) groups excluding carboxylic acids is 1. The molecule has 178 valence electrons. The van der Waals surface area contributed by atoms with Crippen molar-refractivity contribution in [3.63, 3.8) is 0 Å². The number of fused-ring (bicyclic) bond motifs is 2. The number of anilines is 2. The quantitative estimate of drug-likeness (QED) is 0.541. The zero-order valence-corrected chi connectivity index (χ0v) is 20.4. The van der Waals surface area contributed by atoms with Crippen molar-refractivity contribution in [1.82, 2.24) is 14.9 Å². The van der Waals surface area contributed by atoms with Crippen LogP contribution in [0.5, 0.6) is 0 Å². The van der Waals surface area contributed by atoms with Gasteiger partial charge >= 0.3 is 0 Å². The highest BCUT2D eigenvalue weighted by Gasteiger charge is 2.33. The van der Waals surface area contributed by atoms with E-state index in [9.17, 15) is 10.1 Å². The van der Waals surface area contributed by atoms with Gasteiger partial charge in [0.2, 0.25) is 5.91 Å². The number of aryl methyl sites for hydroxylation is 1. The molecule has 0 N–H and O–H groups in total. The van der Waals surface area contributed by atoms with E-state index in [1.54, 1.807) is 18.2 Å². The van der Waals surface area contributed by atoms with Gasteiger partial charge in [0.05, 0.1) is 30.8 Å². The lowest BCUT2D eigenvalue weighted by atomic mass is 9.99. The Balaban J connectivity index is 1.42. The summed E-state index contributed by atoms with van der Waals surface area (Å²) in [7, 11) is 0. The van der Waals surface area contributed by atoms with Gasteiger partial charge in [0.25, 0.3) is 0 Å². The fourth-order valence-electron chi connectivity index (χ4n) is 5.42. The Morgan fingerprint density at radius 2 is 1.94 bits per heavy atom. The van der Waals surface area contributed by atoms with E-state index >= 15 is 0 Å². The first-order valence-corrected chi connectivity index (χ1v) is 12.1. The summed E-state index contributed by atoms with van der Waals surface area (Å²) in [5.41, 5.74) is 5.25. The summed E-state index contributed by atoms with van der Waals surface area (Å²) < 4.78 is 0. The third-order valence-electron chi connectivity index (χ3n) is 7.15. The van der Waals surface area contributed by atoms with Gasteiger partial charge in [0.15, 0.2) is 0 Å². The van der Waals surface area contributed by atoms with Crippen molar-refractivity contribution < 1.29 is 4.79 Å². The van der Waals surface area contributed by atoms with E-state index in [4.69, 9.17) is 0 Å². The fourth-order valence-corrected chi connectivity index (χ4v) is 5.42. The first kappa shape index (κ1) is 22.9. The molecule has 35 heavy (non-hydrogen) atoms. The number of carbonyl (C=O) groups is 1. The van der Waals surface area contributed by atoms with Crippen LogP contribution in [0.25, 0.3) is 10.8 Å². The predicted octanol–water partition coefficient (Wildman–Crippen LogP) is 4.01. The molecule has 5 rings (SSSR count). The van der Waals surface area contributed by atoms with Crippen LogP contribution in [0.3, 0.4) is 0 Å². The molecule has 7 nitrogen and oxygen atoms in total. The second-order valence-electron chi connectivity index (χ2n) is 9.49. The number of piperazine rings is 1. The summed E-state index contributed by atoms with van der Waals surface area (Å²) in [6, 6.07) is 15.0. The SMILES string of the molecule is C=C(C)C(=O)N1CCN(c2ncnc3c2CCN(c2cccc4cccc(C)c24)C3)C[C@@H]1CC#N. The van der Waals surface area contributed by atoms with Gasteiger partial charge in [-0.25, -0.2) is 9.97 Å². The van der Waals surface area contributed by atoms with Crippen molar-refractivity contribution in [2.75, 3.05) is 36.0 Å². The highest BCUT2D eigenvalue weighted by Crippen LogP contribution is 2.34. The molecular weight excluding hydrogens is 436 g/mol. The molecule has 0 saturated carbocycles. The number of hydrogen-bond donors (Lipinski definition) is 0. The van der Waals surface area contributed by atoms with Gasteiger partial charge in [0, 0.05) is 48.4 Å². The highest BCUT2D eigenvalue weighted by atomic mass is 16.2. The molecule has 0 radical (unpaired) electrons. The standard InChI is InChI=1S/C28H30N6O/c1-19(2)28(35)34-15-14-33(16-22(34)10-12-29)27-23-11-13-32(17-24(23)30-18-31-27)25-9-5-8-21-7-4-6-20(3)26(21)25/h4-9,18,22H,1,10-11,13-17H2,2-3H3/t22-/m0/s1. The maximum Gasteiger partial charge on any atom is 0.249 e. The second-order valence-corrected chi connectivity index (χ2v) is 9.49. The lowest BCUT2D eigenvalue weighted by Gasteiger charge is -2.42. The van der Waals surface area contributed by atoms with Crippen molar-refractivity contribution in [2.45, 2.75) is 39.3 Å². The lowest BCUT2D eigenvalue weighted by Crippen LogP contribution is -2.55. The van der Waals surface area contributed by atoms with Crippen LogP contribution in [0.2, 0.25) is 0 Å². The van der Waals surface area contributed by atoms with Gasteiger partial charge in [0.1, 0.15) is 12.1 Å². The van der Waals surface area contributed by atoms with Crippen LogP contribution in [0.1, 0.15) is 30.2 Å². The van der Waals surface area contributed by atoms with Crippen LogP contribution in [0, 0.1) is 18.3 Å². The molecule has 1 aromatic heterocycles. The maximum atomic E-state index is 12.6. The van der Waals surface area contributed by atoms with Crippen LogP contribution >= 0.6 is 0 Å². The summed E-state index contributed by atoms with van der Waals surface area (Å²) in [5, 5.41) is 11.9. The summed E-state index contributed by atoms with van der Waals surface area (Å²) in [6.45, 7) is 11.1. The minimum Gasteiger partial charge on any atom is -0.365 e. The van der Waals surface area contributed by atoms with E-state index in [0.29, 0.717) is 25.2 Å². The molecule has 1 fully saturated rings. The zero-order chi connectivity index (χ0) is 24.5. The average molecular weight is 467 g/mol. The Labute approximate surface area is 206 Å². The third-order valence-corrected chi connectivity index (χ3v) is 7.15. The molecule has 0 bridgehead atoms.